The predicted molar refractivity (Wildman–Crippen MR) is 78.3 cm³/mol. The average Bonchev–Trinajstić information content (AvgIpc) is 2.87. The number of fused-ring (bicyclic) bond motifs is 1. The first-order valence-corrected chi connectivity index (χ1v) is 6.89. The first kappa shape index (κ1) is 13.1. The van der Waals surface area contributed by atoms with Gasteiger partial charge in [-0.25, -0.2) is 4.39 Å². The number of Topliss-reactive ketones (excluding diaryl/α,β-unsaturated/α-hetero) is 1. The van der Waals surface area contributed by atoms with Crippen LogP contribution >= 0.6 is 15.9 Å². The first-order chi connectivity index (χ1) is 9.65. The molecule has 0 fully saturated rings. The molecule has 0 saturated heterocycles. The van der Waals surface area contributed by atoms with E-state index in [0.717, 1.165) is 9.86 Å². The van der Waals surface area contributed by atoms with Gasteiger partial charge in [0.25, 0.3) is 0 Å². The summed E-state index contributed by atoms with van der Waals surface area (Å²) in [6.45, 7) is 0. The molecule has 0 bridgehead atoms. The van der Waals surface area contributed by atoms with Gasteiger partial charge in [-0.1, -0.05) is 30.3 Å². The highest BCUT2D eigenvalue weighted by Gasteiger charge is 2.15. The van der Waals surface area contributed by atoms with Crippen LogP contribution in [0.2, 0.25) is 0 Å². The van der Waals surface area contributed by atoms with Crippen LogP contribution in [0.5, 0.6) is 0 Å². The lowest BCUT2D eigenvalue weighted by Gasteiger charge is -2.00. The molecular formula is C16H10BrFO2. The minimum atomic E-state index is -0.377. The van der Waals surface area contributed by atoms with Gasteiger partial charge in [-0.3, -0.25) is 4.79 Å². The summed E-state index contributed by atoms with van der Waals surface area (Å²) in [6.07, 6.45) is -0.00981. The van der Waals surface area contributed by atoms with E-state index in [9.17, 15) is 9.18 Å². The van der Waals surface area contributed by atoms with E-state index in [1.54, 1.807) is 24.3 Å². The SMILES string of the molecule is O=C(Cc1ccccc1F)c1cc2cccc(Br)c2o1. The van der Waals surface area contributed by atoms with Gasteiger partial charge in [0.1, 0.15) is 11.4 Å². The van der Waals surface area contributed by atoms with Crippen LogP contribution in [0.4, 0.5) is 4.39 Å². The summed E-state index contributed by atoms with van der Waals surface area (Å²) < 4.78 is 19.9. The molecular weight excluding hydrogens is 323 g/mol. The number of furan rings is 1. The van der Waals surface area contributed by atoms with Crippen LogP contribution in [0, 0.1) is 5.82 Å². The second-order valence-electron chi connectivity index (χ2n) is 4.46. The molecule has 0 saturated carbocycles. The zero-order valence-corrected chi connectivity index (χ0v) is 12.0. The summed E-state index contributed by atoms with van der Waals surface area (Å²) in [5.74, 6) is -0.369. The summed E-state index contributed by atoms with van der Waals surface area (Å²) in [6, 6.07) is 13.5. The Morgan fingerprint density at radius 3 is 2.70 bits per heavy atom. The van der Waals surface area contributed by atoms with E-state index in [-0.39, 0.29) is 23.8 Å². The normalized spacial score (nSPS) is 10.9. The van der Waals surface area contributed by atoms with Gasteiger partial charge in [-0.05, 0) is 39.7 Å². The Kier molecular flexibility index (Phi) is 3.40. The Balaban J connectivity index is 1.93. The van der Waals surface area contributed by atoms with Crippen molar-refractivity contribution in [3.63, 3.8) is 0 Å². The second-order valence-corrected chi connectivity index (χ2v) is 5.31. The first-order valence-electron chi connectivity index (χ1n) is 6.10. The molecule has 3 rings (SSSR count). The molecule has 100 valence electrons. The van der Waals surface area contributed by atoms with Crippen LogP contribution < -0.4 is 0 Å². The van der Waals surface area contributed by atoms with Crippen molar-refractivity contribution in [2.75, 3.05) is 0 Å². The number of para-hydroxylation sites is 1. The van der Waals surface area contributed by atoms with Crippen molar-refractivity contribution in [1.29, 1.82) is 0 Å². The number of carbonyl (C=O) groups excluding carboxylic acids is 1. The van der Waals surface area contributed by atoms with Gasteiger partial charge < -0.3 is 4.42 Å². The summed E-state index contributed by atoms with van der Waals surface area (Å²) in [5.41, 5.74) is 1.00. The van der Waals surface area contributed by atoms with Gasteiger partial charge in [0.2, 0.25) is 5.78 Å². The van der Waals surface area contributed by atoms with Gasteiger partial charge >= 0.3 is 0 Å². The predicted octanol–water partition coefficient (Wildman–Crippen LogP) is 4.76. The maximum Gasteiger partial charge on any atom is 0.202 e. The van der Waals surface area contributed by atoms with Crippen LogP contribution in [-0.4, -0.2) is 5.78 Å². The summed E-state index contributed by atoms with van der Waals surface area (Å²) in [7, 11) is 0. The lowest BCUT2D eigenvalue weighted by atomic mass is 10.1. The maximum atomic E-state index is 13.5. The summed E-state index contributed by atoms with van der Waals surface area (Å²) >= 11 is 3.37. The Labute approximate surface area is 123 Å². The molecule has 4 heteroatoms. The number of hydrogen-bond donors (Lipinski definition) is 0. The molecule has 2 aromatic carbocycles. The molecule has 0 aliphatic carbocycles. The Morgan fingerprint density at radius 2 is 1.95 bits per heavy atom. The van der Waals surface area contributed by atoms with E-state index in [1.807, 2.05) is 18.2 Å². The van der Waals surface area contributed by atoms with E-state index >= 15 is 0 Å². The maximum absolute atomic E-state index is 13.5. The van der Waals surface area contributed by atoms with Crippen molar-refractivity contribution < 1.29 is 13.6 Å². The molecule has 0 N–H and O–H groups in total. The lowest BCUT2D eigenvalue weighted by molar-refractivity contribution is 0.0967. The Morgan fingerprint density at radius 1 is 1.15 bits per heavy atom. The molecule has 20 heavy (non-hydrogen) atoms. The highest BCUT2D eigenvalue weighted by Crippen LogP contribution is 2.27. The molecule has 0 spiro atoms. The average molecular weight is 333 g/mol. The minimum absolute atomic E-state index is 0.00981. The third-order valence-electron chi connectivity index (χ3n) is 3.08. The highest BCUT2D eigenvalue weighted by atomic mass is 79.9. The number of carbonyl (C=O) groups is 1. The number of halogens is 2. The summed E-state index contributed by atoms with van der Waals surface area (Å²) in [5, 5.41) is 0.844. The molecule has 1 heterocycles. The molecule has 2 nitrogen and oxygen atoms in total. The van der Waals surface area contributed by atoms with Crippen molar-refractivity contribution in [3.05, 3.63) is 70.1 Å². The van der Waals surface area contributed by atoms with Crippen LogP contribution in [0.3, 0.4) is 0 Å². The third-order valence-corrected chi connectivity index (χ3v) is 3.70. The van der Waals surface area contributed by atoms with E-state index in [1.165, 1.54) is 6.07 Å². The van der Waals surface area contributed by atoms with Crippen molar-refractivity contribution in [2.45, 2.75) is 6.42 Å². The largest absolute Gasteiger partial charge is 0.452 e. The standard InChI is InChI=1S/C16H10BrFO2/c17-12-6-3-5-11-9-15(20-16(11)12)14(19)8-10-4-1-2-7-13(10)18/h1-7,9H,8H2. The van der Waals surface area contributed by atoms with Crippen molar-refractivity contribution in [2.24, 2.45) is 0 Å². The van der Waals surface area contributed by atoms with E-state index in [4.69, 9.17) is 4.42 Å². The fourth-order valence-electron chi connectivity index (χ4n) is 2.07. The molecule has 3 aromatic rings. The van der Waals surface area contributed by atoms with Gasteiger partial charge in [-0.15, -0.1) is 0 Å². The van der Waals surface area contributed by atoms with E-state index < -0.39 is 0 Å². The van der Waals surface area contributed by atoms with Crippen LogP contribution in [0.25, 0.3) is 11.0 Å². The Hall–Kier alpha value is -1.94. The minimum Gasteiger partial charge on any atom is -0.452 e. The van der Waals surface area contributed by atoms with Crippen LogP contribution in [0.1, 0.15) is 16.1 Å². The Bertz CT molecular complexity index is 792. The number of hydrogen-bond acceptors (Lipinski definition) is 2. The van der Waals surface area contributed by atoms with Crippen LogP contribution in [0.15, 0.2) is 57.4 Å². The molecule has 0 aliphatic heterocycles. The zero-order chi connectivity index (χ0) is 14.1. The smallest absolute Gasteiger partial charge is 0.202 e. The topological polar surface area (TPSA) is 30.2 Å². The van der Waals surface area contributed by atoms with E-state index in [2.05, 4.69) is 15.9 Å². The molecule has 0 unspecified atom stereocenters. The molecule has 0 amide bonds. The molecule has 1 aromatic heterocycles. The molecule has 0 atom stereocenters. The zero-order valence-electron chi connectivity index (χ0n) is 10.4. The quantitative estimate of drug-likeness (QED) is 0.647. The van der Waals surface area contributed by atoms with Crippen molar-refractivity contribution >= 4 is 32.7 Å². The highest BCUT2D eigenvalue weighted by molar-refractivity contribution is 9.10. The molecule has 0 aliphatic rings. The molecule has 0 radical (unpaired) electrons. The monoisotopic (exact) mass is 332 g/mol. The van der Waals surface area contributed by atoms with Crippen molar-refractivity contribution in [3.8, 4) is 0 Å². The third kappa shape index (κ3) is 2.39. The number of benzene rings is 2. The fraction of sp³-hybridized carbons (Fsp3) is 0.0625. The van der Waals surface area contributed by atoms with Gasteiger partial charge in [-0.2, -0.15) is 0 Å². The second kappa shape index (κ2) is 5.21. The number of rotatable bonds is 3. The summed E-state index contributed by atoms with van der Waals surface area (Å²) in [4.78, 5) is 12.2. The van der Waals surface area contributed by atoms with Gasteiger partial charge in [0, 0.05) is 11.8 Å². The van der Waals surface area contributed by atoms with Crippen LogP contribution in [-0.2, 0) is 6.42 Å². The lowest BCUT2D eigenvalue weighted by Crippen LogP contribution is -2.03. The van der Waals surface area contributed by atoms with Gasteiger partial charge in [0.05, 0.1) is 4.47 Å². The van der Waals surface area contributed by atoms with Crippen molar-refractivity contribution in [1.82, 2.24) is 0 Å². The van der Waals surface area contributed by atoms with E-state index in [0.29, 0.717) is 11.1 Å². The van der Waals surface area contributed by atoms with Gasteiger partial charge in [0.15, 0.2) is 5.76 Å². The fourth-order valence-corrected chi connectivity index (χ4v) is 2.53. The number of ketones is 1.